The van der Waals surface area contributed by atoms with Crippen LogP contribution < -0.4 is 4.74 Å². The van der Waals surface area contributed by atoms with Crippen LogP contribution in [0.25, 0.3) is 0 Å². The molecule has 1 atom stereocenters. The average Bonchev–Trinajstić information content (AvgIpc) is 3.26. The number of para-hydroxylation sites is 1. The second-order valence-corrected chi connectivity index (χ2v) is 7.29. The van der Waals surface area contributed by atoms with Gasteiger partial charge in [0.1, 0.15) is 12.7 Å². The summed E-state index contributed by atoms with van der Waals surface area (Å²) in [7, 11) is 0. The molecular formula is C22H23FN4O2. The minimum atomic E-state index is -0.361. The summed E-state index contributed by atoms with van der Waals surface area (Å²) in [5, 5.41) is 4.11. The van der Waals surface area contributed by atoms with Gasteiger partial charge in [0.25, 0.3) is 5.91 Å². The van der Waals surface area contributed by atoms with Crippen molar-refractivity contribution in [3.63, 3.8) is 0 Å². The van der Waals surface area contributed by atoms with Crippen molar-refractivity contribution in [3.05, 3.63) is 78.1 Å². The first kappa shape index (κ1) is 19.1. The molecule has 0 radical (unpaired) electrons. The zero-order valence-electron chi connectivity index (χ0n) is 16.1. The van der Waals surface area contributed by atoms with Gasteiger partial charge < -0.3 is 9.64 Å². The molecule has 0 aliphatic carbocycles. The van der Waals surface area contributed by atoms with E-state index in [0.717, 1.165) is 24.9 Å². The van der Waals surface area contributed by atoms with Gasteiger partial charge in [0, 0.05) is 24.6 Å². The van der Waals surface area contributed by atoms with Gasteiger partial charge in [0.15, 0.2) is 11.6 Å². The number of hydrogen-bond acceptors (Lipinski definition) is 4. The van der Waals surface area contributed by atoms with Crippen LogP contribution in [0.15, 0.2) is 61.2 Å². The van der Waals surface area contributed by atoms with Crippen molar-refractivity contribution in [2.24, 2.45) is 5.92 Å². The number of ether oxygens (including phenoxy) is 1. The fraction of sp³-hybridized carbons (Fsp3) is 0.318. The number of nitrogens with zero attached hydrogens (tertiary/aromatic N) is 4. The molecule has 150 valence electrons. The van der Waals surface area contributed by atoms with Gasteiger partial charge in [0.2, 0.25) is 0 Å². The molecule has 0 N–H and O–H groups in total. The highest BCUT2D eigenvalue weighted by molar-refractivity contribution is 5.94. The van der Waals surface area contributed by atoms with Crippen LogP contribution in [0.3, 0.4) is 0 Å². The minimum absolute atomic E-state index is 0.0148. The molecule has 0 spiro atoms. The summed E-state index contributed by atoms with van der Waals surface area (Å²) in [4.78, 5) is 18.8. The van der Waals surface area contributed by atoms with Crippen molar-refractivity contribution >= 4 is 5.91 Å². The second kappa shape index (κ2) is 8.86. The maximum Gasteiger partial charge on any atom is 0.253 e. The van der Waals surface area contributed by atoms with Crippen LogP contribution in [-0.2, 0) is 6.54 Å². The Kier molecular flexibility index (Phi) is 5.84. The van der Waals surface area contributed by atoms with E-state index >= 15 is 0 Å². The molecule has 1 aromatic heterocycles. The Labute approximate surface area is 168 Å². The van der Waals surface area contributed by atoms with Crippen LogP contribution in [0, 0.1) is 11.7 Å². The molecule has 0 saturated carbocycles. The molecule has 1 saturated heterocycles. The normalized spacial score (nSPS) is 16.6. The van der Waals surface area contributed by atoms with E-state index in [1.807, 2.05) is 29.2 Å². The van der Waals surface area contributed by atoms with Gasteiger partial charge in [-0.2, -0.15) is 5.10 Å². The minimum Gasteiger partial charge on any atom is -0.490 e. The maximum atomic E-state index is 13.7. The molecule has 2 heterocycles. The molecule has 0 unspecified atom stereocenters. The average molecular weight is 394 g/mol. The highest BCUT2D eigenvalue weighted by Crippen LogP contribution is 2.22. The predicted molar refractivity (Wildman–Crippen MR) is 106 cm³/mol. The molecule has 2 aromatic carbocycles. The summed E-state index contributed by atoms with van der Waals surface area (Å²) >= 11 is 0. The molecule has 1 aliphatic heterocycles. The number of amides is 1. The third kappa shape index (κ3) is 4.80. The van der Waals surface area contributed by atoms with Gasteiger partial charge in [-0.05, 0) is 42.7 Å². The number of aromatic nitrogens is 3. The lowest BCUT2D eigenvalue weighted by Gasteiger charge is -2.32. The monoisotopic (exact) mass is 394 g/mol. The summed E-state index contributed by atoms with van der Waals surface area (Å²) in [5.41, 5.74) is 1.66. The van der Waals surface area contributed by atoms with E-state index in [1.165, 1.54) is 12.4 Å². The summed E-state index contributed by atoms with van der Waals surface area (Å²) < 4.78 is 21.1. The summed E-state index contributed by atoms with van der Waals surface area (Å²) in [6, 6.07) is 14.0. The van der Waals surface area contributed by atoms with Crippen LogP contribution in [0.1, 0.15) is 28.8 Å². The number of likely N-dealkylation sites (tertiary alicyclic amines) is 1. The third-order valence-electron chi connectivity index (χ3n) is 5.10. The van der Waals surface area contributed by atoms with Crippen molar-refractivity contribution in [1.82, 2.24) is 19.7 Å². The summed E-state index contributed by atoms with van der Waals surface area (Å²) in [6.07, 6.45) is 5.02. The van der Waals surface area contributed by atoms with Gasteiger partial charge in [-0.1, -0.05) is 24.3 Å². The summed E-state index contributed by atoms with van der Waals surface area (Å²) in [6.45, 7) is 2.31. The second-order valence-electron chi connectivity index (χ2n) is 7.29. The van der Waals surface area contributed by atoms with Crippen LogP contribution >= 0.6 is 0 Å². The van der Waals surface area contributed by atoms with Gasteiger partial charge in [0.05, 0.1) is 13.2 Å². The fourth-order valence-electron chi connectivity index (χ4n) is 3.64. The number of hydrogen-bond donors (Lipinski definition) is 0. The number of halogens is 1. The van der Waals surface area contributed by atoms with E-state index in [2.05, 4.69) is 10.1 Å². The lowest BCUT2D eigenvalue weighted by Crippen LogP contribution is -2.41. The topological polar surface area (TPSA) is 60.2 Å². The molecule has 1 amide bonds. The van der Waals surface area contributed by atoms with Gasteiger partial charge in [-0.25, -0.2) is 14.1 Å². The van der Waals surface area contributed by atoms with E-state index in [0.29, 0.717) is 25.3 Å². The highest BCUT2D eigenvalue weighted by Gasteiger charge is 2.25. The van der Waals surface area contributed by atoms with Gasteiger partial charge in [-0.15, -0.1) is 0 Å². The number of piperidine rings is 1. The van der Waals surface area contributed by atoms with Crippen LogP contribution in [-0.4, -0.2) is 45.3 Å². The lowest BCUT2D eigenvalue weighted by atomic mass is 9.98. The molecular weight excluding hydrogens is 371 g/mol. The standard InChI is InChI=1S/C22H23FN4O2/c23-20-8-1-2-9-21(20)29-14-18-6-4-10-26(12-18)22(28)19-7-3-5-17(11-19)13-27-16-24-15-25-27/h1-3,5,7-9,11,15-16,18H,4,6,10,12-14H2/t18-/m0/s1. The van der Waals surface area contributed by atoms with E-state index in [-0.39, 0.29) is 23.4 Å². The van der Waals surface area contributed by atoms with Gasteiger partial charge in [-0.3, -0.25) is 4.79 Å². The predicted octanol–water partition coefficient (Wildman–Crippen LogP) is 3.40. The zero-order valence-corrected chi connectivity index (χ0v) is 16.1. The summed E-state index contributed by atoms with van der Waals surface area (Å²) in [5.74, 6) is 0.101. The fourth-order valence-corrected chi connectivity index (χ4v) is 3.64. The number of rotatable bonds is 6. The first-order valence-electron chi connectivity index (χ1n) is 9.77. The lowest BCUT2D eigenvalue weighted by molar-refractivity contribution is 0.0631. The Morgan fingerprint density at radius 2 is 2.10 bits per heavy atom. The van der Waals surface area contributed by atoms with Crippen molar-refractivity contribution in [2.45, 2.75) is 19.4 Å². The number of benzene rings is 2. The molecule has 29 heavy (non-hydrogen) atoms. The molecule has 1 fully saturated rings. The quantitative estimate of drug-likeness (QED) is 0.643. The van der Waals surface area contributed by atoms with E-state index in [4.69, 9.17) is 4.74 Å². The van der Waals surface area contributed by atoms with E-state index < -0.39 is 0 Å². The SMILES string of the molecule is O=C(c1cccc(Cn2cncn2)c1)N1CCC[C@H](COc2ccccc2F)C1. The molecule has 4 rings (SSSR count). The van der Waals surface area contributed by atoms with Crippen LogP contribution in [0.5, 0.6) is 5.75 Å². The van der Waals surface area contributed by atoms with Gasteiger partial charge >= 0.3 is 0 Å². The molecule has 1 aliphatic rings. The number of carbonyl (C=O) groups is 1. The smallest absolute Gasteiger partial charge is 0.253 e. The largest absolute Gasteiger partial charge is 0.490 e. The van der Waals surface area contributed by atoms with Crippen molar-refractivity contribution in [2.75, 3.05) is 19.7 Å². The van der Waals surface area contributed by atoms with Crippen molar-refractivity contribution < 1.29 is 13.9 Å². The van der Waals surface area contributed by atoms with Crippen LogP contribution in [0.4, 0.5) is 4.39 Å². The van der Waals surface area contributed by atoms with Crippen molar-refractivity contribution in [3.8, 4) is 5.75 Å². The molecule has 6 nitrogen and oxygen atoms in total. The van der Waals surface area contributed by atoms with Crippen LogP contribution in [0.2, 0.25) is 0 Å². The first-order valence-corrected chi connectivity index (χ1v) is 9.77. The Morgan fingerprint density at radius 1 is 1.21 bits per heavy atom. The first-order chi connectivity index (χ1) is 14.2. The van der Waals surface area contributed by atoms with E-state index in [1.54, 1.807) is 29.2 Å². The molecule has 7 heteroatoms. The Morgan fingerprint density at radius 3 is 2.93 bits per heavy atom. The highest BCUT2D eigenvalue weighted by atomic mass is 19.1. The van der Waals surface area contributed by atoms with Crippen molar-refractivity contribution in [1.29, 1.82) is 0 Å². The maximum absolute atomic E-state index is 13.7. The Bertz CT molecular complexity index is 961. The number of carbonyl (C=O) groups excluding carboxylic acids is 1. The Balaban J connectivity index is 1.38. The third-order valence-corrected chi connectivity index (χ3v) is 5.10. The Hall–Kier alpha value is -3.22. The van der Waals surface area contributed by atoms with E-state index in [9.17, 15) is 9.18 Å². The zero-order chi connectivity index (χ0) is 20.1. The molecule has 0 bridgehead atoms. The molecule has 3 aromatic rings.